The van der Waals surface area contributed by atoms with Gasteiger partial charge in [0.25, 0.3) is 11.1 Å². The number of para-hydroxylation sites is 1. The van der Waals surface area contributed by atoms with E-state index in [0.717, 1.165) is 28.2 Å². The first-order valence-corrected chi connectivity index (χ1v) is 11.3. The third-order valence-electron chi connectivity index (χ3n) is 5.67. The summed E-state index contributed by atoms with van der Waals surface area (Å²) in [6, 6.07) is 23.0. The number of fused-ring (bicyclic) bond motifs is 2. The van der Waals surface area contributed by atoms with E-state index in [-0.39, 0.29) is 17.7 Å². The lowest BCUT2D eigenvalue weighted by molar-refractivity contribution is -0.123. The smallest absolute Gasteiger partial charge is 0.293 e. The number of imide groups is 1. The lowest BCUT2D eigenvalue weighted by Gasteiger charge is -2.10. The molecule has 1 aliphatic heterocycles. The highest BCUT2D eigenvalue weighted by Gasteiger charge is 2.34. The standard InChI is InChI=1S/C26H22N2O3S/c1-31-13-12-28-25(29)24(32-26(28)30)15-21-17-27(23-9-5-4-8-22(21)23)16-18-10-11-19-6-2-3-7-20(19)14-18/h2-11,14-15,17H,12-13,16H2,1H3/b24-15+. The van der Waals surface area contributed by atoms with Crippen molar-refractivity contribution in [2.24, 2.45) is 0 Å². The molecule has 3 aromatic carbocycles. The molecule has 5 nitrogen and oxygen atoms in total. The number of benzene rings is 3. The van der Waals surface area contributed by atoms with Crippen molar-refractivity contribution in [3.63, 3.8) is 0 Å². The molecule has 160 valence electrons. The van der Waals surface area contributed by atoms with Gasteiger partial charge < -0.3 is 9.30 Å². The van der Waals surface area contributed by atoms with E-state index in [9.17, 15) is 9.59 Å². The van der Waals surface area contributed by atoms with E-state index in [1.54, 1.807) is 7.11 Å². The normalized spacial score (nSPS) is 15.5. The Hall–Kier alpha value is -3.35. The molecule has 1 fully saturated rings. The van der Waals surface area contributed by atoms with Gasteiger partial charge in [-0.25, -0.2) is 0 Å². The number of carbonyl (C=O) groups excluding carboxylic acids is 2. The van der Waals surface area contributed by atoms with E-state index < -0.39 is 0 Å². The van der Waals surface area contributed by atoms with Crippen LogP contribution >= 0.6 is 11.8 Å². The van der Waals surface area contributed by atoms with Crippen LogP contribution < -0.4 is 0 Å². The summed E-state index contributed by atoms with van der Waals surface area (Å²) in [4.78, 5) is 26.7. The highest BCUT2D eigenvalue weighted by Crippen LogP contribution is 2.34. The number of ether oxygens (including phenoxy) is 1. The molecule has 0 N–H and O–H groups in total. The maximum absolute atomic E-state index is 12.7. The fourth-order valence-corrected chi connectivity index (χ4v) is 4.93. The molecule has 0 spiro atoms. The van der Waals surface area contributed by atoms with E-state index >= 15 is 0 Å². The van der Waals surface area contributed by atoms with Gasteiger partial charge in [-0.15, -0.1) is 0 Å². The van der Waals surface area contributed by atoms with Crippen molar-refractivity contribution < 1.29 is 14.3 Å². The molecule has 0 saturated carbocycles. The summed E-state index contributed by atoms with van der Waals surface area (Å²) in [6.45, 7) is 1.31. The SMILES string of the molecule is COCCN1C(=O)S/C(=C/c2cn(Cc3ccc4ccccc4c3)c3ccccc23)C1=O. The molecule has 0 atom stereocenters. The van der Waals surface area contributed by atoms with E-state index in [1.807, 2.05) is 30.3 Å². The summed E-state index contributed by atoms with van der Waals surface area (Å²) in [5, 5.41) is 3.24. The molecule has 0 bridgehead atoms. The minimum Gasteiger partial charge on any atom is -0.383 e. The number of carbonyl (C=O) groups is 2. The van der Waals surface area contributed by atoms with Crippen LogP contribution in [0.15, 0.2) is 77.8 Å². The van der Waals surface area contributed by atoms with Crippen molar-refractivity contribution in [3.8, 4) is 0 Å². The number of hydrogen-bond acceptors (Lipinski definition) is 4. The van der Waals surface area contributed by atoms with Crippen LogP contribution in [0.5, 0.6) is 0 Å². The maximum Gasteiger partial charge on any atom is 0.293 e. The predicted octanol–water partition coefficient (Wildman–Crippen LogP) is 5.53. The lowest BCUT2D eigenvalue weighted by atomic mass is 10.1. The largest absolute Gasteiger partial charge is 0.383 e. The van der Waals surface area contributed by atoms with Crippen LogP contribution in [0.3, 0.4) is 0 Å². The maximum atomic E-state index is 12.7. The van der Waals surface area contributed by atoms with Crippen molar-refractivity contribution in [2.75, 3.05) is 20.3 Å². The molecule has 1 aromatic heterocycles. The molecule has 1 saturated heterocycles. The van der Waals surface area contributed by atoms with Crippen LogP contribution in [-0.2, 0) is 16.1 Å². The summed E-state index contributed by atoms with van der Waals surface area (Å²) in [5.41, 5.74) is 3.22. The number of hydrogen-bond donors (Lipinski definition) is 0. The van der Waals surface area contributed by atoms with Gasteiger partial charge in [0.15, 0.2) is 0 Å². The first-order valence-electron chi connectivity index (χ1n) is 10.4. The van der Waals surface area contributed by atoms with Gasteiger partial charge in [-0.05, 0) is 46.3 Å². The molecule has 2 amide bonds. The van der Waals surface area contributed by atoms with Crippen LogP contribution in [0.4, 0.5) is 4.79 Å². The first-order chi connectivity index (χ1) is 15.6. The number of amides is 2. The van der Waals surface area contributed by atoms with Crippen molar-refractivity contribution in [1.82, 2.24) is 9.47 Å². The van der Waals surface area contributed by atoms with Gasteiger partial charge in [-0.2, -0.15) is 0 Å². The van der Waals surface area contributed by atoms with E-state index in [1.165, 1.54) is 21.2 Å². The molecular weight excluding hydrogens is 420 g/mol. The third kappa shape index (κ3) is 3.83. The lowest BCUT2D eigenvalue weighted by Crippen LogP contribution is -2.31. The summed E-state index contributed by atoms with van der Waals surface area (Å²) < 4.78 is 7.21. The predicted molar refractivity (Wildman–Crippen MR) is 130 cm³/mol. The molecule has 6 heteroatoms. The monoisotopic (exact) mass is 442 g/mol. The summed E-state index contributed by atoms with van der Waals surface area (Å²) in [5.74, 6) is -0.261. The molecule has 5 rings (SSSR count). The second-order valence-electron chi connectivity index (χ2n) is 7.74. The topological polar surface area (TPSA) is 51.5 Å². The first kappa shape index (κ1) is 20.5. The minimum atomic E-state index is -0.261. The van der Waals surface area contributed by atoms with E-state index in [4.69, 9.17) is 4.74 Å². The van der Waals surface area contributed by atoms with Gasteiger partial charge in [0.05, 0.1) is 18.1 Å². The van der Waals surface area contributed by atoms with Crippen LogP contribution in [0.2, 0.25) is 0 Å². The number of nitrogens with zero attached hydrogens (tertiary/aromatic N) is 2. The second kappa shape index (κ2) is 8.65. The Bertz CT molecular complexity index is 1370. The van der Waals surface area contributed by atoms with Gasteiger partial charge in [0, 0.05) is 36.3 Å². The van der Waals surface area contributed by atoms with Gasteiger partial charge in [0.1, 0.15) is 0 Å². The van der Waals surface area contributed by atoms with Gasteiger partial charge in [-0.3, -0.25) is 14.5 Å². The average molecular weight is 443 g/mol. The zero-order valence-electron chi connectivity index (χ0n) is 17.7. The number of aromatic nitrogens is 1. The van der Waals surface area contributed by atoms with Crippen LogP contribution in [0.25, 0.3) is 27.8 Å². The summed E-state index contributed by atoms with van der Waals surface area (Å²) in [7, 11) is 1.55. The minimum absolute atomic E-state index is 0.252. The van der Waals surface area contributed by atoms with Gasteiger partial charge >= 0.3 is 0 Å². The molecule has 0 unspecified atom stereocenters. The Kier molecular flexibility index (Phi) is 5.55. The van der Waals surface area contributed by atoms with Gasteiger partial charge in [0.2, 0.25) is 0 Å². The molecular formula is C26H22N2O3S. The molecule has 0 radical (unpaired) electrons. The van der Waals surface area contributed by atoms with Crippen LogP contribution in [0.1, 0.15) is 11.1 Å². The molecule has 4 aromatic rings. The number of rotatable bonds is 6. The summed E-state index contributed by atoms with van der Waals surface area (Å²) >= 11 is 0.984. The van der Waals surface area contributed by atoms with E-state index in [0.29, 0.717) is 18.1 Å². The van der Waals surface area contributed by atoms with Crippen LogP contribution in [0, 0.1) is 0 Å². The van der Waals surface area contributed by atoms with E-state index in [2.05, 4.69) is 53.2 Å². The van der Waals surface area contributed by atoms with Crippen molar-refractivity contribution in [1.29, 1.82) is 0 Å². The van der Waals surface area contributed by atoms with Crippen LogP contribution in [-0.4, -0.2) is 40.9 Å². The molecule has 2 heterocycles. The Labute approximate surface area is 190 Å². The number of thioether (sulfide) groups is 1. The van der Waals surface area contributed by atoms with Gasteiger partial charge in [-0.1, -0.05) is 54.6 Å². The fourth-order valence-electron chi connectivity index (χ4n) is 4.07. The third-order valence-corrected chi connectivity index (χ3v) is 6.57. The highest BCUT2D eigenvalue weighted by molar-refractivity contribution is 8.18. The second-order valence-corrected chi connectivity index (χ2v) is 8.73. The highest BCUT2D eigenvalue weighted by atomic mass is 32.2. The Balaban J connectivity index is 1.49. The molecule has 1 aliphatic rings. The Morgan fingerprint density at radius 3 is 2.59 bits per heavy atom. The van der Waals surface area contributed by atoms with Crippen molar-refractivity contribution in [2.45, 2.75) is 6.54 Å². The molecule has 0 aliphatic carbocycles. The van der Waals surface area contributed by atoms with Crippen molar-refractivity contribution >= 4 is 50.7 Å². The Morgan fingerprint density at radius 1 is 0.969 bits per heavy atom. The zero-order valence-corrected chi connectivity index (χ0v) is 18.5. The van der Waals surface area contributed by atoms with Crippen molar-refractivity contribution in [3.05, 3.63) is 89.0 Å². The zero-order chi connectivity index (χ0) is 22.1. The molecule has 32 heavy (non-hydrogen) atoms. The number of methoxy groups -OCH3 is 1. The average Bonchev–Trinajstić information content (AvgIpc) is 3.29. The quantitative estimate of drug-likeness (QED) is 0.369. The fraction of sp³-hybridized carbons (Fsp3) is 0.154. The Morgan fingerprint density at radius 2 is 1.75 bits per heavy atom. The summed E-state index contributed by atoms with van der Waals surface area (Å²) in [6.07, 6.45) is 3.89.